The van der Waals surface area contributed by atoms with E-state index in [1.54, 1.807) is 30.5 Å². The number of rotatable bonds is 7. The topological polar surface area (TPSA) is 109 Å². The van der Waals surface area contributed by atoms with Crippen molar-refractivity contribution >= 4 is 51.0 Å². The number of nitrogens with one attached hydrogen (secondary N) is 2. The van der Waals surface area contributed by atoms with E-state index in [2.05, 4.69) is 38.2 Å². The first-order valence-corrected chi connectivity index (χ1v) is 13.5. The van der Waals surface area contributed by atoms with Crippen LogP contribution in [0.1, 0.15) is 54.1 Å². The Kier molecular flexibility index (Phi) is 7.80. The molecule has 8 nitrogen and oxygen atoms in total. The molecule has 1 saturated carbocycles. The Hall–Kier alpha value is -3.31. The molecule has 9 heteroatoms. The van der Waals surface area contributed by atoms with Gasteiger partial charge in [0.05, 0.1) is 17.8 Å². The molecule has 0 saturated heterocycles. The van der Waals surface area contributed by atoms with Crippen molar-refractivity contribution in [3.05, 3.63) is 81.7 Å². The molecule has 1 aliphatic carbocycles. The molecule has 1 aliphatic rings. The molecule has 3 N–H and O–H groups in total. The number of hydrogen-bond acceptors (Lipinski definition) is 5. The minimum Gasteiger partial charge on any atom is -0.394 e. The van der Waals surface area contributed by atoms with Gasteiger partial charge in [-0.1, -0.05) is 31.4 Å². The van der Waals surface area contributed by atoms with Crippen LogP contribution in [0.5, 0.6) is 0 Å². The Morgan fingerprint density at radius 1 is 1.05 bits per heavy atom. The second-order valence-electron chi connectivity index (χ2n) is 9.26. The van der Waals surface area contributed by atoms with Crippen LogP contribution < -0.4 is 10.6 Å². The van der Waals surface area contributed by atoms with Crippen LogP contribution in [0.4, 0.5) is 5.69 Å². The summed E-state index contributed by atoms with van der Waals surface area (Å²) in [6, 6.07) is 17.3. The van der Waals surface area contributed by atoms with Gasteiger partial charge in [-0.25, -0.2) is 9.67 Å². The molecule has 1 fully saturated rings. The number of benzene rings is 2. The van der Waals surface area contributed by atoms with Gasteiger partial charge in [0.15, 0.2) is 5.82 Å². The van der Waals surface area contributed by atoms with Gasteiger partial charge in [-0.15, -0.1) is 0 Å². The van der Waals surface area contributed by atoms with Crippen molar-refractivity contribution in [1.29, 1.82) is 0 Å². The van der Waals surface area contributed by atoms with Crippen LogP contribution in [0.25, 0.3) is 16.7 Å². The zero-order valence-electron chi connectivity index (χ0n) is 20.2. The number of aliphatic hydroxyl groups excluding tert-OH is 1. The number of anilines is 1. The third-order valence-electron chi connectivity index (χ3n) is 6.75. The van der Waals surface area contributed by atoms with Gasteiger partial charge in [0.1, 0.15) is 6.04 Å². The van der Waals surface area contributed by atoms with Crippen molar-refractivity contribution in [2.45, 2.75) is 44.1 Å². The number of nitrogens with zero attached hydrogens (tertiary/aromatic N) is 3. The Balaban J connectivity index is 1.40. The molecular formula is C28H28IN5O3. The summed E-state index contributed by atoms with van der Waals surface area (Å²) in [4.78, 5) is 30.3. The normalized spacial score (nSPS) is 14.9. The number of carbonyl (C=O) groups is 2. The molecule has 0 radical (unpaired) electrons. The van der Waals surface area contributed by atoms with E-state index >= 15 is 0 Å². The van der Waals surface area contributed by atoms with Crippen LogP contribution >= 0.6 is 22.6 Å². The van der Waals surface area contributed by atoms with Gasteiger partial charge in [-0.3, -0.25) is 9.59 Å². The van der Waals surface area contributed by atoms with E-state index in [0.29, 0.717) is 22.7 Å². The highest BCUT2D eigenvalue weighted by atomic mass is 127. The fourth-order valence-corrected chi connectivity index (χ4v) is 5.23. The molecule has 4 aromatic rings. The van der Waals surface area contributed by atoms with Crippen LogP contribution in [0.3, 0.4) is 0 Å². The summed E-state index contributed by atoms with van der Waals surface area (Å²) < 4.78 is 2.95. The lowest BCUT2D eigenvalue weighted by atomic mass is 9.85. The first-order chi connectivity index (χ1) is 18.0. The molecule has 0 spiro atoms. The summed E-state index contributed by atoms with van der Waals surface area (Å²) in [5.74, 6) is 0.185. The first kappa shape index (κ1) is 25.3. The molecular weight excluding hydrogens is 581 g/mol. The molecule has 1 atom stereocenters. The third-order valence-corrected chi connectivity index (χ3v) is 7.47. The van der Waals surface area contributed by atoms with E-state index < -0.39 is 24.5 Å². The van der Waals surface area contributed by atoms with Crippen molar-refractivity contribution in [3.8, 4) is 5.82 Å². The van der Waals surface area contributed by atoms with Crippen LogP contribution in [0, 0.1) is 3.57 Å². The molecule has 5 rings (SSSR count). The lowest BCUT2D eigenvalue weighted by Crippen LogP contribution is -2.46. The van der Waals surface area contributed by atoms with E-state index in [1.807, 2.05) is 41.1 Å². The Labute approximate surface area is 228 Å². The Morgan fingerprint density at radius 3 is 2.54 bits per heavy atom. The van der Waals surface area contributed by atoms with Crippen molar-refractivity contribution in [2.24, 2.45) is 0 Å². The van der Waals surface area contributed by atoms with Crippen LogP contribution in [0.15, 0.2) is 66.9 Å². The quantitative estimate of drug-likeness (QED) is 0.261. The molecule has 1 unspecified atom stereocenters. The van der Waals surface area contributed by atoms with E-state index in [1.165, 1.54) is 19.3 Å². The van der Waals surface area contributed by atoms with Crippen molar-refractivity contribution in [2.75, 3.05) is 11.9 Å². The lowest BCUT2D eigenvalue weighted by Gasteiger charge is -2.22. The minimum absolute atomic E-state index is 0.369. The zero-order valence-corrected chi connectivity index (χ0v) is 22.4. The van der Waals surface area contributed by atoms with Gasteiger partial charge in [0, 0.05) is 32.3 Å². The maximum Gasteiger partial charge on any atom is 0.252 e. The van der Waals surface area contributed by atoms with Crippen molar-refractivity contribution in [1.82, 2.24) is 20.1 Å². The first-order valence-electron chi connectivity index (χ1n) is 12.5. The molecule has 2 amide bonds. The number of hydrogen-bond donors (Lipinski definition) is 3. The van der Waals surface area contributed by atoms with Gasteiger partial charge < -0.3 is 15.7 Å². The van der Waals surface area contributed by atoms with Gasteiger partial charge in [0.2, 0.25) is 5.91 Å². The van der Waals surface area contributed by atoms with E-state index in [-0.39, 0.29) is 0 Å². The van der Waals surface area contributed by atoms with Gasteiger partial charge in [-0.2, -0.15) is 5.10 Å². The average Bonchev–Trinajstić information content (AvgIpc) is 3.32. The van der Waals surface area contributed by atoms with Crippen LogP contribution in [-0.2, 0) is 4.79 Å². The molecule has 0 bridgehead atoms. The monoisotopic (exact) mass is 609 g/mol. The standard InChI is InChI=1S/C28H28IN5O3/c29-20-10-12-21(13-11-20)31-28(37)24(17-35)32-27(36)19-9-14-22-23(16-19)33-34(25-8-4-5-15-30-25)26(22)18-6-2-1-3-7-18/h4-5,8-16,18,24,35H,1-3,6-7,17H2,(H,31,37)(H,32,36). The average molecular weight is 609 g/mol. The molecule has 2 heterocycles. The second kappa shape index (κ2) is 11.4. The van der Waals surface area contributed by atoms with Gasteiger partial charge >= 0.3 is 0 Å². The number of aliphatic hydroxyl groups is 1. The third kappa shape index (κ3) is 5.67. The number of amides is 2. The Morgan fingerprint density at radius 2 is 1.84 bits per heavy atom. The summed E-state index contributed by atoms with van der Waals surface area (Å²) in [7, 11) is 0. The fraction of sp³-hybridized carbons (Fsp3) is 0.286. The summed E-state index contributed by atoms with van der Waals surface area (Å²) >= 11 is 2.18. The zero-order chi connectivity index (χ0) is 25.8. The summed E-state index contributed by atoms with van der Waals surface area (Å²) in [6.07, 6.45) is 7.58. The summed E-state index contributed by atoms with van der Waals surface area (Å²) in [5.41, 5.74) is 2.79. The fourth-order valence-electron chi connectivity index (χ4n) is 4.87. The molecule has 190 valence electrons. The largest absolute Gasteiger partial charge is 0.394 e. The van der Waals surface area contributed by atoms with Gasteiger partial charge in [-0.05, 0) is 84.0 Å². The minimum atomic E-state index is -1.09. The number of halogens is 1. The predicted octanol–water partition coefficient (Wildman–Crippen LogP) is 4.80. The number of aromatic nitrogens is 3. The molecule has 37 heavy (non-hydrogen) atoms. The smallest absolute Gasteiger partial charge is 0.252 e. The van der Waals surface area contributed by atoms with Crippen LogP contribution in [0.2, 0.25) is 0 Å². The van der Waals surface area contributed by atoms with Crippen molar-refractivity contribution < 1.29 is 14.7 Å². The lowest BCUT2D eigenvalue weighted by molar-refractivity contribution is -0.118. The van der Waals surface area contributed by atoms with Crippen LogP contribution in [-0.4, -0.2) is 44.3 Å². The number of carbonyl (C=O) groups excluding carboxylic acids is 2. The maximum absolute atomic E-state index is 13.1. The SMILES string of the molecule is O=C(NC(CO)C(=O)Nc1ccc(I)cc1)c1ccc2c(C3CCCCC3)n(-c3ccccn3)nc2c1. The highest BCUT2D eigenvalue weighted by Gasteiger charge is 2.26. The summed E-state index contributed by atoms with van der Waals surface area (Å²) in [5, 5.41) is 21.0. The molecule has 0 aliphatic heterocycles. The van der Waals surface area contributed by atoms with E-state index in [0.717, 1.165) is 33.3 Å². The Bertz CT molecular complexity index is 1400. The second-order valence-corrected chi connectivity index (χ2v) is 10.5. The highest BCUT2D eigenvalue weighted by molar-refractivity contribution is 14.1. The number of fused-ring (bicyclic) bond motifs is 1. The van der Waals surface area contributed by atoms with Gasteiger partial charge in [0.25, 0.3) is 5.91 Å². The van der Waals surface area contributed by atoms with E-state index in [9.17, 15) is 14.7 Å². The van der Waals surface area contributed by atoms with E-state index in [4.69, 9.17) is 5.10 Å². The molecule has 2 aromatic carbocycles. The highest BCUT2D eigenvalue weighted by Crippen LogP contribution is 2.37. The number of pyridine rings is 1. The van der Waals surface area contributed by atoms with Crippen molar-refractivity contribution in [3.63, 3.8) is 0 Å². The summed E-state index contributed by atoms with van der Waals surface area (Å²) in [6.45, 7) is -0.523. The molecule has 2 aromatic heterocycles. The predicted molar refractivity (Wildman–Crippen MR) is 151 cm³/mol. The maximum atomic E-state index is 13.1.